The van der Waals surface area contributed by atoms with Gasteiger partial charge in [0.2, 0.25) is 5.82 Å². The van der Waals surface area contributed by atoms with E-state index < -0.39 is 10.5 Å². The van der Waals surface area contributed by atoms with Crippen LogP contribution in [0.25, 0.3) is 11.4 Å². The lowest BCUT2D eigenvalue weighted by Gasteiger charge is -2.38. The van der Waals surface area contributed by atoms with Crippen molar-refractivity contribution in [2.24, 2.45) is 0 Å². The second kappa shape index (κ2) is 9.46. The normalized spacial score (nSPS) is 13.6. The van der Waals surface area contributed by atoms with Gasteiger partial charge < -0.3 is 10.1 Å². The maximum absolute atomic E-state index is 12.9. The number of hydrogen-bond donors (Lipinski definition) is 1. The number of carbonyl (C=O) groups excluding carboxylic acids is 1. The van der Waals surface area contributed by atoms with Crippen LogP contribution in [0.5, 0.6) is 0 Å². The summed E-state index contributed by atoms with van der Waals surface area (Å²) in [6, 6.07) is 16.5. The number of aromatic nitrogens is 2. The number of nitrogens with zero attached hydrogens (tertiary/aromatic N) is 4. The maximum atomic E-state index is 12.9. The largest absolute Gasteiger partial charge is 0.443 e. The molecule has 0 atom stereocenters. The van der Waals surface area contributed by atoms with E-state index in [2.05, 4.69) is 15.3 Å². The van der Waals surface area contributed by atoms with Crippen molar-refractivity contribution in [3.05, 3.63) is 70.9 Å². The Labute approximate surface area is 198 Å². The number of anilines is 3. The number of rotatable bonds is 6. The first kappa shape index (κ1) is 23.2. The van der Waals surface area contributed by atoms with Crippen LogP contribution in [0, 0.1) is 10.1 Å². The molecule has 4 rings (SSSR count). The molecule has 1 N–H and O–H groups in total. The zero-order valence-corrected chi connectivity index (χ0v) is 19.4. The molecule has 1 saturated carbocycles. The van der Waals surface area contributed by atoms with Gasteiger partial charge in [-0.15, -0.1) is 0 Å². The Morgan fingerprint density at radius 2 is 1.79 bits per heavy atom. The average molecular weight is 462 g/mol. The molecule has 34 heavy (non-hydrogen) atoms. The minimum Gasteiger partial charge on any atom is -0.443 e. The van der Waals surface area contributed by atoms with E-state index in [-0.39, 0.29) is 23.6 Å². The van der Waals surface area contributed by atoms with Gasteiger partial charge in [0.1, 0.15) is 11.8 Å². The summed E-state index contributed by atoms with van der Waals surface area (Å²) in [6.07, 6.45) is 3.75. The zero-order valence-electron chi connectivity index (χ0n) is 19.4. The van der Waals surface area contributed by atoms with Crippen LogP contribution >= 0.6 is 0 Å². The molecule has 3 aromatic rings. The molecule has 9 heteroatoms. The van der Waals surface area contributed by atoms with E-state index in [1.165, 1.54) is 6.20 Å². The molecule has 0 spiro atoms. The topological polar surface area (TPSA) is 110 Å². The van der Waals surface area contributed by atoms with E-state index >= 15 is 0 Å². The summed E-state index contributed by atoms with van der Waals surface area (Å²) >= 11 is 0. The highest BCUT2D eigenvalue weighted by molar-refractivity contribution is 5.89. The summed E-state index contributed by atoms with van der Waals surface area (Å²) in [5.74, 6) is 0.473. The number of carbonyl (C=O) groups is 1. The Bertz CT molecular complexity index is 1170. The van der Waals surface area contributed by atoms with E-state index in [9.17, 15) is 14.9 Å². The fourth-order valence-corrected chi connectivity index (χ4v) is 3.59. The molecular weight excluding hydrogens is 434 g/mol. The summed E-state index contributed by atoms with van der Waals surface area (Å²) in [5.41, 5.74) is 1.25. The van der Waals surface area contributed by atoms with Crippen molar-refractivity contribution in [2.75, 3.05) is 10.2 Å². The van der Waals surface area contributed by atoms with Crippen molar-refractivity contribution in [1.82, 2.24) is 9.97 Å². The first-order valence-electron chi connectivity index (χ1n) is 11.2. The highest BCUT2D eigenvalue weighted by Gasteiger charge is 2.33. The van der Waals surface area contributed by atoms with Gasteiger partial charge in [-0.1, -0.05) is 30.3 Å². The number of benzene rings is 2. The predicted molar refractivity (Wildman–Crippen MR) is 130 cm³/mol. The van der Waals surface area contributed by atoms with Crippen molar-refractivity contribution in [1.29, 1.82) is 0 Å². The van der Waals surface area contributed by atoms with Crippen LogP contribution in [0.3, 0.4) is 0 Å². The van der Waals surface area contributed by atoms with E-state index in [0.717, 1.165) is 24.8 Å². The number of ether oxygens (including phenoxy) is 1. The quantitative estimate of drug-likeness (QED) is 0.349. The molecule has 0 aliphatic heterocycles. The molecule has 1 aromatic heterocycles. The third-order valence-corrected chi connectivity index (χ3v) is 5.44. The van der Waals surface area contributed by atoms with Crippen LogP contribution in [0.4, 0.5) is 27.7 Å². The first-order chi connectivity index (χ1) is 16.2. The molecule has 0 saturated heterocycles. The predicted octanol–water partition coefficient (Wildman–Crippen LogP) is 6.09. The van der Waals surface area contributed by atoms with Gasteiger partial charge in [-0.25, -0.2) is 14.8 Å². The van der Waals surface area contributed by atoms with Gasteiger partial charge in [0.25, 0.3) is 0 Å². The third kappa shape index (κ3) is 5.31. The summed E-state index contributed by atoms with van der Waals surface area (Å²) in [5, 5.41) is 14.6. The molecule has 1 heterocycles. The highest BCUT2D eigenvalue weighted by Crippen LogP contribution is 2.33. The number of nitrogens with one attached hydrogen (secondary N) is 1. The summed E-state index contributed by atoms with van der Waals surface area (Å²) < 4.78 is 5.61. The molecule has 1 aliphatic rings. The Morgan fingerprint density at radius 1 is 1.12 bits per heavy atom. The smallest absolute Gasteiger partial charge is 0.415 e. The van der Waals surface area contributed by atoms with Crippen molar-refractivity contribution in [3.63, 3.8) is 0 Å². The van der Waals surface area contributed by atoms with Gasteiger partial charge in [0, 0.05) is 23.0 Å². The lowest BCUT2D eigenvalue weighted by atomic mass is 9.91. The van der Waals surface area contributed by atoms with Crippen LogP contribution < -0.4 is 10.2 Å². The molecule has 0 unspecified atom stereocenters. The molecule has 176 valence electrons. The Morgan fingerprint density at radius 3 is 2.35 bits per heavy atom. The fraction of sp³-hybridized carbons (Fsp3) is 0.320. The molecule has 0 bridgehead atoms. The van der Waals surface area contributed by atoms with Crippen LogP contribution in [-0.4, -0.2) is 32.6 Å². The maximum Gasteiger partial charge on any atom is 0.415 e. The van der Waals surface area contributed by atoms with Crippen LogP contribution in [0.1, 0.15) is 40.0 Å². The first-order valence-corrected chi connectivity index (χ1v) is 11.2. The highest BCUT2D eigenvalue weighted by atomic mass is 16.6. The molecule has 9 nitrogen and oxygen atoms in total. The van der Waals surface area contributed by atoms with Gasteiger partial charge >= 0.3 is 11.8 Å². The van der Waals surface area contributed by atoms with Crippen LogP contribution in [0.2, 0.25) is 0 Å². The second-order valence-electron chi connectivity index (χ2n) is 9.16. The van der Waals surface area contributed by atoms with Gasteiger partial charge in [-0.05, 0) is 64.3 Å². The van der Waals surface area contributed by atoms with Gasteiger partial charge in [-0.2, -0.15) is 0 Å². The van der Waals surface area contributed by atoms with Gasteiger partial charge in [0.05, 0.1) is 4.92 Å². The molecule has 1 aliphatic carbocycles. The summed E-state index contributed by atoms with van der Waals surface area (Å²) in [4.78, 5) is 34.1. The number of amides is 1. The molecule has 1 fully saturated rings. The van der Waals surface area contributed by atoms with E-state index in [1.54, 1.807) is 29.2 Å². The molecule has 0 radical (unpaired) electrons. The van der Waals surface area contributed by atoms with Crippen molar-refractivity contribution < 1.29 is 14.5 Å². The lowest BCUT2D eigenvalue weighted by Crippen LogP contribution is -2.46. The zero-order chi connectivity index (χ0) is 24.3. The fourth-order valence-electron chi connectivity index (χ4n) is 3.59. The van der Waals surface area contributed by atoms with Crippen molar-refractivity contribution in [3.8, 4) is 11.4 Å². The van der Waals surface area contributed by atoms with Gasteiger partial charge in [-0.3, -0.25) is 15.0 Å². The minimum atomic E-state index is -0.594. The Hall–Kier alpha value is -4.01. The van der Waals surface area contributed by atoms with E-state index in [0.29, 0.717) is 17.2 Å². The third-order valence-electron chi connectivity index (χ3n) is 5.44. The summed E-state index contributed by atoms with van der Waals surface area (Å²) in [7, 11) is 0. The lowest BCUT2D eigenvalue weighted by molar-refractivity contribution is -0.384. The monoisotopic (exact) mass is 461 g/mol. The Balaban J connectivity index is 1.59. The molecular formula is C25H27N5O4. The average Bonchev–Trinajstić information content (AvgIpc) is 2.76. The van der Waals surface area contributed by atoms with Crippen LogP contribution in [0.15, 0.2) is 60.8 Å². The second-order valence-corrected chi connectivity index (χ2v) is 9.16. The van der Waals surface area contributed by atoms with Crippen LogP contribution in [-0.2, 0) is 4.74 Å². The van der Waals surface area contributed by atoms with E-state index in [1.807, 2.05) is 51.1 Å². The van der Waals surface area contributed by atoms with E-state index in [4.69, 9.17) is 4.74 Å². The summed E-state index contributed by atoms with van der Waals surface area (Å²) in [6.45, 7) is 5.53. The Kier molecular flexibility index (Phi) is 6.45. The standard InChI is InChI=1S/C25H27N5O4/c1-25(2,3)34-24(31)29(19-10-7-11-19)20-14-12-18(13-15-20)27-23-21(30(32)33)16-26-22(28-23)17-8-5-4-6-9-17/h4-6,8-9,12-16,19H,7,10-11H2,1-3H3,(H,26,27,28). The SMILES string of the molecule is CC(C)(C)OC(=O)N(c1ccc(Nc2nc(-c3ccccc3)ncc2[N+](=O)[O-])cc1)C1CCC1. The number of nitro groups is 1. The molecule has 2 aromatic carbocycles. The van der Waals surface area contributed by atoms with Gasteiger partial charge in [0.15, 0.2) is 5.82 Å². The molecule has 1 amide bonds. The number of hydrogen-bond acceptors (Lipinski definition) is 7. The minimum absolute atomic E-state index is 0.0922. The van der Waals surface area contributed by atoms with Crippen molar-refractivity contribution >= 4 is 29.0 Å². The van der Waals surface area contributed by atoms with Crippen molar-refractivity contribution in [2.45, 2.75) is 51.7 Å².